The quantitative estimate of drug-likeness (QED) is 0.325. The van der Waals surface area contributed by atoms with Crippen LogP contribution in [-0.4, -0.2) is 38.4 Å². The molecule has 0 saturated heterocycles. The number of benzene rings is 1. The van der Waals surface area contributed by atoms with Gasteiger partial charge in [-0.15, -0.1) is 0 Å². The highest BCUT2D eigenvalue weighted by molar-refractivity contribution is 6.52. The molecule has 0 spiro atoms. The van der Waals surface area contributed by atoms with Crippen molar-refractivity contribution in [3.63, 3.8) is 0 Å². The Morgan fingerprint density at radius 1 is 1.04 bits per heavy atom. The predicted octanol–water partition coefficient (Wildman–Crippen LogP) is 1.33. The van der Waals surface area contributed by atoms with E-state index in [1.54, 1.807) is 13.8 Å². The molecule has 0 aromatic heterocycles. The number of phenolic OH excluding ortho intramolecular Hbond substituents is 2. The van der Waals surface area contributed by atoms with E-state index in [-0.39, 0.29) is 24.3 Å². The zero-order valence-electron chi connectivity index (χ0n) is 12.2. The van der Waals surface area contributed by atoms with Crippen LogP contribution >= 0.6 is 0 Å². The van der Waals surface area contributed by atoms with Gasteiger partial charge >= 0.3 is 11.5 Å². The Bertz CT molecular complexity index is 778. The topological polar surface area (TPSA) is 147 Å². The number of hydrogen-bond donors (Lipinski definition) is 3. The van der Waals surface area contributed by atoms with E-state index in [4.69, 9.17) is 4.74 Å². The summed E-state index contributed by atoms with van der Waals surface area (Å²) in [6.07, 6.45) is 0.149. The van der Waals surface area contributed by atoms with Gasteiger partial charge in [-0.25, -0.2) is 0 Å². The number of allylic oxidation sites excluding steroid dienone is 1. The number of aromatic hydroxyl groups is 2. The van der Waals surface area contributed by atoms with Crippen molar-refractivity contribution in [1.82, 2.24) is 0 Å². The summed E-state index contributed by atoms with van der Waals surface area (Å²) in [7, 11) is 0. The maximum absolute atomic E-state index is 12.1. The van der Waals surface area contributed by atoms with Gasteiger partial charge in [-0.1, -0.05) is 6.92 Å². The van der Waals surface area contributed by atoms with Gasteiger partial charge in [0.05, 0.1) is 22.7 Å². The molecule has 23 heavy (non-hydrogen) atoms. The molecule has 0 aliphatic heterocycles. The van der Waals surface area contributed by atoms with E-state index in [9.17, 15) is 35.0 Å². The molecule has 3 N–H and O–H groups in total. The van der Waals surface area contributed by atoms with Crippen LogP contribution in [0.3, 0.4) is 0 Å². The van der Waals surface area contributed by atoms with Crippen LogP contribution in [0.5, 0.6) is 17.2 Å². The van der Waals surface area contributed by atoms with E-state index in [0.29, 0.717) is 0 Å². The van der Waals surface area contributed by atoms with Gasteiger partial charge in [-0.2, -0.15) is 0 Å². The van der Waals surface area contributed by atoms with Crippen LogP contribution in [0.4, 0.5) is 0 Å². The number of aliphatic hydroxyl groups is 1. The normalized spacial score (nSPS) is 14.0. The molecule has 0 heterocycles. The second-order valence-corrected chi connectivity index (χ2v) is 4.65. The van der Waals surface area contributed by atoms with Crippen LogP contribution in [0.25, 0.3) is 5.76 Å². The fourth-order valence-corrected chi connectivity index (χ4v) is 2.45. The van der Waals surface area contributed by atoms with Crippen LogP contribution in [0, 0.1) is 10.1 Å². The number of ketones is 2. The lowest BCUT2D eigenvalue weighted by atomic mass is 9.87. The van der Waals surface area contributed by atoms with Gasteiger partial charge in [0.15, 0.2) is 11.5 Å². The van der Waals surface area contributed by atoms with E-state index in [2.05, 4.69) is 0 Å². The number of nitrogens with zero attached hydrogens (tertiary/aromatic N) is 1. The van der Waals surface area contributed by atoms with Gasteiger partial charge in [0.1, 0.15) is 5.75 Å². The lowest BCUT2D eigenvalue weighted by Gasteiger charge is -2.21. The fraction of sp³-hybridized carbons (Fsp3) is 0.286. The Morgan fingerprint density at radius 2 is 1.65 bits per heavy atom. The number of carbonyl (C=O) groups is 2. The highest BCUT2D eigenvalue weighted by Crippen LogP contribution is 2.48. The fourth-order valence-electron chi connectivity index (χ4n) is 2.45. The number of rotatable bonds is 4. The molecular weight excluding hydrogens is 310 g/mol. The second-order valence-electron chi connectivity index (χ2n) is 4.65. The summed E-state index contributed by atoms with van der Waals surface area (Å²) >= 11 is 0. The van der Waals surface area contributed by atoms with Crippen LogP contribution < -0.4 is 4.74 Å². The number of carbonyl (C=O) groups excluding carboxylic acids is 2. The first-order chi connectivity index (χ1) is 10.8. The summed E-state index contributed by atoms with van der Waals surface area (Å²) in [5.74, 6) is -5.74. The molecular formula is C14H13NO8. The minimum atomic E-state index is -1.57. The summed E-state index contributed by atoms with van der Waals surface area (Å²) in [5.41, 5.74) is -2.65. The summed E-state index contributed by atoms with van der Waals surface area (Å²) < 4.78 is 5.20. The lowest BCUT2D eigenvalue weighted by molar-refractivity contribution is -0.418. The molecule has 0 bridgehead atoms. The molecule has 0 fully saturated rings. The first-order valence-corrected chi connectivity index (χ1v) is 6.68. The van der Waals surface area contributed by atoms with E-state index in [1.807, 2.05) is 0 Å². The second kappa shape index (κ2) is 5.59. The van der Waals surface area contributed by atoms with Crippen LogP contribution in [0.2, 0.25) is 0 Å². The first kappa shape index (κ1) is 16.3. The van der Waals surface area contributed by atoms with Crippen molar-refractivity contribution in [3.05, 3.63) is 32.5 Å². The third-order valence-electron chi connectivity index (χ3n) is 3.43. The first-order valence-electron chi connectivity index (χ1n) is 6.68. The highest BCUT2D eigenvalue weighted by Gasteiger charge is 2.45. The van der Waals surface area contributed by atoms with Gasteiger partial charge in [-0.3, -0.25) is 19.7 Å². The molecule has 0 unspecified atom stereocenters. The molecule has 2 rings (SSSR count). The Kier molecular flexibility index (Phi) is 3.96. The minimum Gasteiger partial charge on any atom is -0.507 e. The van der Waals surface area contributed by atoms with Crippen molar-refractivity contribution in [1.29, 1.82) is 0 Å². The van der Waals surface area contributed by atoms with Gasteiger partial charge in [-0.05, 0) is 13.3 Å². The predicted molar refractivity (Wildman–Crippen MR) is 76.2 cm³/mol. The lowest BCUT2D eigenvalue weighted by Crippen LogP contribution is -2.28. The maximum atomic E-state index is 12.1. The maximum Gasteiger partial charge on any atom is 0.362 e. The smallest absolute Gasteiger partial charge is 0.362 e. The van der Waals surface area contributed by atoms with Gasteiger partial charge in [0, 0.05) is 5.56 Å². The largest absolute Gasteiger partial charge is 0.507 e. The zero-order chi connectivity index (χ0) is 17.5. The van der Waals surface area contributed by atoms with Crippen LogP contribution in [0.1, 0.15) is 35.3 Å². The van der Waals surface area contributed by atoms with E-state index < -0.39 is 50.6 Å². The Balaban J connectivity index is 2.98. The van der Waals surface area contributed by atoms with Crippen molar-refractivity contribution in [2.24, 2.45) is 0 Å². The summed E-state index contributed by atoms with van der Waals surface area (Å²) in [6, 6.07) is 0. The van der Waals surface area contributed by atoms with E-state index in [0.717, 1.165) is 0 Å². The molecule has 0 radical (unpaired) electrons. The Labute approximate surface area is 129 Å². The average molecular weight is 323 g/mol. The van der Waals surface area contributed by atoms with Crippen LogP contribution in [-0.2, 0) is 11.2 Å². The SMILES string of the molecule is CCOc1c(O)c2c(c(O)c1CC)C(=O)C(=O)C([N+](=O)[O-])=C2O. The molecule has 1 aromatic carbocycles. The average Bonchev–Trinajstić information content (AvgIpc) is 2.48. The number of ether oxygens (including phenoxy) is 1. The molecule has 0 saturated carbocycles. The van der Waals surface area contributed by atoms with Crippen molar-refractivity contribution >= 4 is 17.3 Å². The Morgan fingerprint density at radius 3 is 2.13 bits per heavy atom. The van der Waals surface area contributed by atoms with Crippen LogP contribution in [0.15, 0.2) is 5.70 Å². The van der Waals surface area contributed by atoms with Crippen molar-refractivity contribution < 1.29 is 34.6 Å². The summed E-state index contributed by atoms with van der Waals surface area (Å²) in [4.78, 5) is 33.5. The molecule has 1 aromatic rings. The molecule has 9 heteroatoms. The molecule has 1 aliphatic carbocycles. The van der Waals surface area contributed by atoms with Crippen molar-refractivity contribution in [2.75, 3.05) is 6.61 Å². The third-order valence-corrected chi connectivity index (χ3v) is 3.43. The number of fused-ring (bicyclic) bond motifs is 1. The zero-order valence-corrected chi connectivity index (χ0v) is 12.2. The molecule has 9 nitrogen and oxygen atoms in total. The van der Waals surface area contributed by atoms with Crippen molar-refractivity contribution in [3.8, 4) is 17.2 Å². The number of phenols is 2. The number of Topliss-reactive ketones (excluding diaryl/α,β-unsaturated/α-hetero) is 2. The summed E-state index contributed by atoms with van der Waals surface area (Å²) in [5, 5.41) is 41.4. The third kappa shape index (κ3) is 2.17. The van der Waals surface area contributed by atoms with E-state index in [1.165, 1.54) is 0 Å². The molecule has 122 valence electrons. The molecule has 0 amide bonds. The van der Waals surface area contributed by atoms with Gasteiger partial charge in [0.2, 0.25) is 11.5 Å². The van der Waals surface area contributed by atoms with Gasteiger partial charge < -0.3 is 20.1 Å². The number of nitro groups is 1. The van der Waals surface area contributed by atoms with Gasteiger partial charge in [0.25, 0.3) is 0 Å². The van der Waals surface area contributed by atoms with E-state index >= 15 is 0 Å². The summed E-state index contributed by atoms with van der Waals surface area (Å²) in [6.45, 7) is 3.30. The Hall–Kier alpha value is -3.10. The highest BCUT2D eigenvalue weighted by atomic mass is 16.6. The number of aliphatic hydroxyl groups excluding tert-OH is 1. The monoisotopic (exact) mass is 323 g/mol. The standard InChI is InChI=1S/C14H13NO8/c1-3-5-9(16)6-7(12(19)14(5)23-4-2)10(17)8(15(21)22)13(20)11(6)18/h16-17,19H,3-4H2,1-2H3. The molecule has 0 atom stereocenters. The molecule has 1 aliphatic rings. The van der Waals surface area contributed by atoms with Crippen molar-refractivity contribution in [2.45, 2.75) is 20.3 Å². The minimum absolute atomic E-state index is 0.0570. The number of hydrogen-bond acceptors (Lipinski definition) is 8.